The van der Waals surface area contributed by atoms with Crippen molar-refractivity contribution in [1.82, 2.24) is 29.1 Å². The lowest BCUT2D eigenvalue weighted by atomic mass is 10.0. The molecule has 8 aromatic rings. The Kier molecular flexibility index (Phi) is 9.75. The molecular formula is C42H36N7O8P. The number of hydrogen-bond acceptors (Lipinski definition) is 8. The molecule has 0 aliphatic rings. The number of ether oxygens (including phenoxy) is 1. The molecule has 0 bridgehead atoms. The number of fused-ring (bicyclic) bond motifs is 2. The highest BCUT2D eigenvalue weighted by molar-refractivity contribution is 7.46. The quantitative estimate of drug-likeness (QED) is 0.0850. The molecular weight excluding hydrogens is 761 g/mol. The number of nitrogens with zero attached hydrogens (tertiary/aromatic N) is 4. The van der Waals surface area contributed by atoms with E-state index < -0.39 is 13.4 Å². The highest BCUT2D eigenvalue weighted by Crippen LogP contribution is 2.41. The van der Waals surface area contributed by atoms with E-state index in [2.05, 4.69) is 25.3 Å². The average molecular weight is 798 g/mol. The number of anilines is 1. The summed E-state index contributed by atoms with van der Waals surface area (Å²) < 4.78 is 25.5. The van der Waals surface area contributed by atoms with Crippen molar-refractivity contribution < 1.29 is 28.4 Å². The Morgan fingerprint density at radius 2 is 1.38 bits per heavy atom. The maximum absolute atomic E-state index is 13.1. The van der Waals surface area contributed by atoms with Gasteiger partial charge < -0.3 is 38.9 Å². The SMILES string of the molecule is CC(=O)Nc1cccc(-c2cn(-c3ccc(-c4ccc(-n5cc(-c6ccc(OCC(C)(C)OP(=O)(O)O)cc6)c6c(=O)[nH]cnc65)cc4)cc3)c3c(=O)[nH]cnc23)c1. The Labute approximate surface area is 329 Å². The van der Waals surface area contributed by atoms with Crippen LogP contribution in [0.15, 0.2) is 132 Å². The van der Waals surface area contributed by atoms with Gasteiger partial charge >= 0.3 is 7.82 Å². The molecule has 0 atom stereocenters. The Morgan fingerprint density at radius 3 is 2.03 bits per heavy atom. The second-order valence-electron chi connectivity index (χ2n) is 14.2. The molecule has 0 aliphatic heterocycles. The summed E-state index contributed by atoms with van der Waals surface area (Å²) >= 11 is 0. The number of nitrogens with one attached hydrogen (secondary N) is 3. The fourth-order valence-corrected chi connectivity index (χ4v) is 7.60. The monoisotopic (exact) mass is 797 g/mol. The van der Waals surface area contributed by atoms with Gasteiger partial charge in [-0.15, -0.1) is 0 Å². The number of hydrogen-bond donors (Lipinski definition) is 5. The number of phosphoric ester groups is 1. The van der Waals surface area contributed by atoms with Gasteiger partial charge in [-0.05, 0) is 84.6 Å². The summed E-state index contributed by atoms with van der Waals surface area (Å²) in [4.78, 5) is 70.7. The van der Waals surface area contributed by atoms with Crippen LogP contribution in [0.3, 0.4) is 0 Å². The molecule has 58 heavy (non-hydrogen) atoms. The number of rotatable bonds is 11. The first-order valence-corrected chi connectivity index (χ1v) is 19.5. The fourth-order valence-electron chi connectivity index (χ4n) is 6.90. The summed E-state index contributed by atoms with van der Waals surface area (Å²) in [5, 5.41) is 3.21. The summed E-state index contributed by atoms with van der Waals surface area (Å²) in [6.45, 7) is 4.37. The molecule has 4 aromatic heterocycles. The Bertz CT molecular complexity index is 3000. The van der Waals surface area contributed by atoms with E-state index in [1.807, 2.05) is 88.3 Å². The molecule has 0 saturated heterocycles. The summed E-state index contributed by atoms with van der Waals surface area (Å²) in [5.74, 6) is 0.267. The van der Waals surface area contributed by atoms with Crippen LogP contribution in [0.25, 0.3) is 66.8 Å². The summed E-state index contributed by atoms with van der Waals surface area (Å²) in [5.41, 5.74) is 6.54. The van der Waals surface area contributed by atoms with E-state index >= 15 is 0 Å². The lowest BCUT2D eigenvalue weighted by Crippen LogP contribution is -2.31. The van der Waals surface area contributed by atoms with Crippen LogP contribution < -0.4 is 21.2 Å². The molecule has 0 spiro atoms. The first-order chi connectivity index (χ1) is 27.7. The standard InChI is InChI=1S/C42H36N7O8P/c1-25(50)47-30-6-4-5-29(19-30)35-21-48(38-37(35)43-23-46-41(38)52)31-13-7-26(8-14-31)27-9-15-32(16-10-27)49-20-34(36-39(49)44-24-45-40(36)51)28-11-17-33(18-12-28)56-22-42(2,3)57-58(53,54)55/h4-21,23-24H,22H2,1-3H3,(H,47,50)(H,43,46,52)(H,44,45,51)(H2,53,54,55). The predicted octanol–water partition coefficient (Wildman–Crippen LogP) is 6.97. The summed E-state index contributed by atoms with van der Waals surface area (Å²) in [6.07, 6.45) is 6.47. The third-order valence-electron chi connectivity index (χ3n) is 9.41. The van der Waals surface area contributed by atoms with E-state index in [1.165, 1.54) is 33.4 Å². The Hall–Kier alpha value is -6.90. The van der Waals surface area contributed by atoms with Gasteiger partial charge in [0.05, 0.1) is 18.0 Å². The molecule has 4 heterocycles. The van der Waals surface area contributed by atoms with Gasteiger partial charge in [-0.25, -0.2) is 14.5 Å². The van der Waals surface area contributed by atoms with Gasteiger partial charge in [-0.3, -0.25) is 18.9 Å². The minimum Gasteiger partial charge on any atom is -0.491 e. The molecule has 5 N–H and O–H groups in total. The minimum atomic E-state index is -4.70. The van der Waals surface area contributed by atoms with Crippen molar-refractivity contribution in [2.24, 2.45) is 0 Å². The first kappa shape index (κ1) is 38.0. The van der Waals surface area contributed by atoms with Crippen molar-refractivity contribution in [1.29, 1.82) is 0 Å². The molecule has 0 fully saturated rings. The van der Waals surface area contributed by atoms with Gasteiger partial charge in [0.2, 0.25) is 5.91 Å². The van der Waals surface area contributed by atoms with Gasteiger partial charge in [0.25, 0.3) is 11.1 Å². The van der Waals surface area contributed by atoms with Crippen LogP contribution in [0.2, 0.25) is 0 Å². The zero-order valence-corrected chi connectivity index (χ0v) is 32.2. The van der Waals surface area contributed by atoms with Crippen LogP contribution in [-0.4, -0.2) is 57.0 Å². The number of amides is 1. The molecule has 15 nitrogen and oxygen atoms in total. The minimum absolute atomic E-state index is 0.108. The first-order valence-electron chi connectivity index (χ1n) is 18.0. The van der Waals surface area contributed by atoms with E-state index in [1.54, 1.807) is 30.3 Å². The number of H-pyrrole nitrogens is 2. The summed E-state index contributed by atoms with van der Waals surface area (Å²) in [6, 6.07) is 30.0. The number of carbonyl (C=O) groups excluding carboxylic acids is 1. The van der Waals surface area contributed by atoms with Crippen LogP contribution >= 0.6 is 7.82 Å². The van der Waals surface area contributed by atoms with Crippen molar-refractivity contribution >= 4 is 41.5 Å². The topological polar surface area (TPSA) is 206 Å². The molecule has 0 saturated carbocycles. The molecule has 16 heteroatoms. The van der Waals surface area contributed by atoms with Crippen LogP contribution in [0.1, 0.15) is 20.8 Å². The third kappa shape index (κ3) is 7.75. The maximum atomic E-state index is 13.1. The van der Waals surface area contributed by atoms with Crippen LogP contribution in [0, 0.1) is 0 Å². The number of benzene rings is 4. The number of phosphoric acid groups is 1. The lowest BCUT2D eigenvalue weighted by molar-refractivity contribution is -0.114. The van der Waals surface area contributed by atoms with Crippen molar-refractivity contribution in [3.8, 4) is 50.5 Å². The molecule has 0 radical (unpaired) electrons. The van der Waals surface area contributed by atoms with E-state index in [9.17, 15) is 28.7 Å². The number of carbonyl (C=O) groups is 1. The second kappa shape index (κ2) is 14.9. The normalized spacial score (nSPS) is 11.9. The zero-order valence-electron chi connectivity index (χ0n) is 31.3. The van der Waals surface area contributed by atoms with E-state index in [0.717, 1.165) is 39.2 Å². The molecule has 4 aromatic carbocycles. The smallest absolute Gasteiger partial charge is 0.470 e. The van der Waals surface area contributed by atoms with Crippen LogP contribution in [0.4, 0.5) is 5.69 Å². The molecule has 0 aliphatic carbocycles. The fraction of sp³-hybridized carbons (Fsp3) is 0.119. The Morgan fingerprint density at radius 1 is 0.776 bits per heavy atom. The van der Waals surface area contributed by atoms with Gasteiger partial charge in [-0.1, -0.05) is 48.5 Å². The number of aromatic nitrogens is 6. The van der Waals surface area contributed by atoms with Crippen LogP contribution in [-0.2, 0) is 13.9 Å². The largest absolute Gasteiger partial charge is 0.491 e. The predicted molar refractivity (Wildman–Crippen MR) is 220 cm³/mol. The van der Waals surface area contributed by atoms with Gasteiger partial charge in [-0.2, -0.15) is 0 Å². The molecule has 8 rings (SSSR count). The van der Waals surface area contributed by atoms with E-state index in [0.29, 0.717) is 39.1 Å². The molecule has 1 amide bonds. The second-order valence-corrected chi connectivity index (χ2v) is 15.4. The molecule has 0 unspecified atom stereocenters. The maximum Gasteiger partial charge on any atom is 0.470 e. The average Bonchev–Trinajstić information content (AvgIpc) is 3.78. The van der Waals surface area contributed by atoms with Crippen LogP contribution in [0.5, 0.6) is 5.75 Å². The van der Waals surface area contributed by atoms with Gasteiger partial charge in [0, 0.05) is 47.5 Å². The Balaban J connectivity index is 1.06. The zero-order chi connectivity index (χ0) is 40.8. The lowest BCUT2D eigenvalue weighted by Gasteiger charge is -2.25. The van der Waals surface area contributed by atoms with Crippen molar-refractivity contribution in [3.05, 3.63) is 143 Å². The summed E-state index contributed by atoms with van der Waals surface area (Å²) in [7, 11) is -4.70. The highest BCUT2D eigenvalue weighted by atomic mass is 31.2. The van der Waals surface area contributed by atoms with Gasteiger partial charge in [0.15, 0.2) is 5.65 Å². The van der Waals surface area contributed by atoms with E-state index in [-0.39, 0.29) is 23.6 Å². The van der Waals surface area contributed by atoms with Crippen molar-refractivity contribution in [2.45, 2.75) is 26.4 Å². The number of aromatic amines is 2. The highest BCUT2D eigenvalue weighted by Gasteiger charge is 2.30. The van der Waals surface area contributed by atoms with Crippen molar-refractivity contribution in [2.75, 3.05) is 11.9 Å². The van der Waals surface area contributed by atoms with E-state index in [4.69, 9.17) is 9.26 Å². The molecule has 292 valence electrons. The van der Waals surface area contributed by atoms with Crippen molar-refractivity contribution in [3.63, 3.8) is 0 Å². The van der Waals surface area contributed by atoms with Gasteiger partial charge in [0.1, 0.15) is 29.0 Å². The third-order valence-corrected chi connectivity index (χ3v) is 10.1.